The molecule has 28 heavy (non-hydrogen) atoms. The van der Waals surface area contributed by atoms with Gasteiger partial charge < -0.3 is 15.9 Å². The number of benzene rings is 1. The van der Waals surface area contributed by atoms with E-state index in [1.165, 1.54) is 24.3 Å². The SMILES string of the molecule is Nc1c2c(cc(=O)n1-c1ccc(CC(CC(=O)O)C(=O)O)cc1)C(=O)NC2=O. The lowest BCUT2D eigenvalue weighted by molar-refractivity contribution is -0.148. The van der Waals surface area contributed by atoms with Crippen molar-refractivity contribution in [3.63, 3.8) is 0 Å². The number of pyridine rings is 1. The Labute approximate surface area is 157 Å². The van der Waals surface area contributed by atoms with Gasteiger partial charge in [-0.2, -0.15) is 0 Å². The average Bonchev–Trinajstić information content (AvgIpc) is 2.89. The second-order valence-electron chi connectivity index (χ2n) is 6.28. The maximum Gasteiger partial charge on any atom is 0.307 e. The molecule has 2 amide bonds. The van der Waals surface area contributed by atoms with Gasteiger partial charge in [0, 0.05) is 6.07 Å². The van der Waals surface area contributed by atoms with Gasteiger partial charge in [0.2, 0.25) is 0 Å². The highest BCUT2D eigenvalue weighted by Crippen LogP contribution is 2.23. The summed E-state index contributed by atoms with van der Waals surface area (Å²) in [4.78, 5) is 57.9. The molecule has 144 valence electrons. The first-order chi connectivity index (χ1) is 13.2. The largest absolute Gasteiger partial charge is 0.481 e. The summed E-state index contributed by atoms with van der Waals surface area (Å²) in [5, 5.41) is 20.0. The van der Waals surface area contributed by atoms with Crippen molar-refractivity contribution in [2.24, 2.45) is 5.92 Å². The molecule has 10 heteroatoms. The summed E-state index contributed by atoms with van der Waals surface area (Å²) in [6, 6.07) is 7.09. The molecule has 1 aliphatic rings. The Morgan fingerprint density at radius 3 is 2.29 bits per heavy atom. The van der Waals surface area contributed by atoms with Crippen LogP contribution in [-0.4, -0.2) is 38.5 Å². The molecule has 1 aromatic carbocycles. The second-order valence-corrected chi connectivity index (χ2v) is 6.28. The van der Waals surface area contributed by atoms with Crippen molar-refractivity contribution in [2.45, 2.75) is 12.8 Å². The highest BCUT2D eigenvalue weighted by atomic mass is 16.4. The van der Waals surface area contributed by atoms with E-state index in [-0.39, 0.29) is 23.4 Å². The third-order valence-electron chi connectivity index (χ3n) is 4.40. The van der Waals surface area contributed by atoms with Crippen LogP contribution >= 0.6 is 0 Å². The minimum Gasteiger partial charge on any atom is -0.481 e. The molecule has 1 aliphatic heterocycles. The number of nitrogens with zero attached hydrogens (tertiary/aromatic N) is 1. The second kappa shape index (κ2) is 6.99. The molecule has 2 heterocycles. The van der Waals surface area contributed by atoms with E-state index in [0.717, 1.165) is 10.6 Å². The molecular formula is C18H15N3O7. The van der Waals surface area contributed by atoms with Crippen molar-refractivity contribution in [3.05, 3.63) is 57.4 Å². The number of nitrogens with two attached hydrogens (primary N) is 1. The van der Waals surface area contributed by atoms with Crippen LogP contribution in [0.25, 0.3) is 5.69 Å². The summed E-state index contributed by atoms with van der Waals surface area (Å²) < 4.78 is 1.06. The normalized spacial score (nSPS) is 13.7. The number of aliphatic carboxylic acids is 2. The fourth-order valence-electron chi connectivity index (χ4n) is 3.07. The van der Waals surface area contributed by atoms with Crippen molar-refractivity contribution in [1.82, 2.24) is 9.88 Å². The summed E-state index contributed by atoms with van der Waals surface area (Å²) in [7, 11) is 0. The zero-order valence-electron chi connectivity index (χ0n) is 14.3. The lowest BCUT2D eigenvalue weighted by atomic mass is 9.96. The van der Waals surface area contributed by atoms with Gasteiger partial charge in [0.1, 0.15) is 5.82 Å². The first-order valence-corrected chi connectivity index (χ1v) is 8.14. The van der Waals surface area contributed by atoms with E-state index < -0.39 is 41.7 Å². The summed E-state index contributed by atoms with van der Waals surface area (Å²) in [5.74, 6) is -5.10. The number of hydrogen-bond acceptors (Lipinski definition) is 6. The maximum absolute atomic E-state index is 12.4. The zero-order chi connectivity index (χ0) is 20.6. The van der Waals surface area contributed by atoms with E-state index in [1.807, 2.05) is 0 Å². The monoisotopic (exact) mass is 385 g/mol. The first kappa shape index (κ1) is 18.8. The van der Waals surface area contributed by atoms with Gasteiger partial charge >= 0.3 is 11.9 Å². The summed E-state index contributed by atoms with van der Waals surface area (Å²) >= 11 is 0. The van der Waals surface area contributed by atoms with Gasteiger partial charge in [0.15, 0.2) is 0 Å². The Kier molecular flexibility index (Phi) is 4.70. The van der Waals surface area contributed by atoms with E-state index in [2.05, 4.69) is 5.32 Å². The van der Waals surface area contributed by atoms with Gasteiger partial charge in [0.25, 0.3) is 17.4 Å². The Balaban J connectivity index is 1.95. The van der Waals surface area contributed by atoms with Gasteiger partial charge in [-0.15, -0.1) is 0 Å². The Morgan fingerprint density at radius 2 is 1.71 bits per heavy atom. The quantitative estimate of drug-likeness (QED) is 0.504. The zero-order valence-corrected chi connectivity index (χ0v) is 14.3. The van der Waals surface area contributed by atoms with Gasteiger partial charge in [-0.1, -0.05) is 12.1 Å². The number of anilines is 1. The molecule has 0 saturated carbocycles. The van der Waals surface area contributed by atoms with Gasteiger partial charge in [-0.25, -0.2) is 0 Å². The van der Waals surface area contributed by atoms with Crippen molar-refractivity contribution in [1.29, 1.82) is 0 Å². The molecule has 3 rings (SSSR count). The first-order valence-electron chi connectivity index (χ1n) is 8.14. The van der Waals surface area contributed by atoms with Crippen molar-refractivity contribution >= 4 is 29.6 Å². The summed E-state index contributed by atoms with van der Waals surface area (Å²) in [6.07, 6.45) is -0.523. The van der Waals surface area contributed by atoms with Crippen LogP contribution in [0.5, 0.6) is 0 Å². The number of carboxylic acid groups (broad SMARTS) is 2. The van der Waals surface area contributed by atoms with Crippen LogP contribution in [0, 0.1) is 5.92 Å². The molecule has 5 N–H and O–H groups in total. The highest BCUT2D eigenvalue weighted by Gasteiger charge is 2.31. The molecule has 1 atom stereocenters. The van der Waals surface area contributed by atoms with E-state index in [1.54, 1.807) is 0 Å². The van der Waals surface area contributed by atoms with Crippen LogP contribution in [0.3, 0.4) is 0 Å². The van der Waals surface area contributed by atoms with E-state index in [4.69, 9.17) is 15.9 Å². The molecule has 0 bridgehead atoms. The number of hydrogen-bond donors (Lipinski definition) is 4. The summed E-state index contributed by atoms with van der Waals surface area (Å²) in [5.41, 5.74) is 6.03. The number of carbonyl (C=O) groups is 4. The standard InChI is InChI=1S/C18H15N3O7/c19-15-14-11(16(25)20-17(14)26)7-12(22)21(15)10-3-1-8(2-4-10)5-9(18(27)28)6-13(23)24/h1-4,7,9H,5-6,19H2,(H,23,24)(H,27,28)(H,20,25,26). The number of fused-ring (bicyclic) bond motifs is 1. The molecule has 0 radical (unpaired) electrons. The molecule has 1 aromatic heterocycles. The molecule has 0 saturated heterocycles. The molecule has 2 aromatic rings. The Morgan fingerprint density at radius 1 is 1.07 bits per heavy atom. The number of imide groups is 1. The topological polar surface area (TPSA) is 169 Å². The third-order valence-corrected chi connectivity index (χ3v) is 4.40. The maximum atomic E-state index is 12.4. The van der Waals surface area contributed by atoms with Gasteiger partial charge in [-0.05, 0) is 24.1 Å². The smallest absolute Gasteiger partial charge is 0.307 e. The number of aromatic nitrogens is 1. The molecule has 1 unspecified atom stereocenters. The minimum atomic E-state index is -1.22. The lowest BCUT2D eigenvalue weighted by Gasteiger charge is -2.13. The van der Waals surface area contributed by atoms with Crippen molar-refractivity contribution in [3.8, 4) is 5.69 Å². The van der Waals surface area contributed by atoms with Crippen molar-refractivity contribution in [2.75, 3.05) is 5.73 Å². The van der Waals surface area contributed by atoms with Gasteiger partial charge in [0.05, 0.1) is 29.2 Å². The number of nitrogen functional groups attached to an aromatic ring is 1. The van der Waals surface area contributed by atoms with E-state index in [0.29, 0.717) is 11.3 Å². The van der Waals surface area contributed by atoms with Crippen LogP contribution in [0.2, 0.25) is 0 Å². The molecule has 0 fully saturated rings. The average molecular weight is 385 g/mol. The fourth-order valence-corrected chi connectivity index (χ4v) is 3.07. The third kappa shape index (κ3) is 3.34. The lowest BCUT2D eigenvalue weighted by Crippen LogP contribution is -2.24. The van der Waals surface area contributed by atoms with Crippen LogP contribution in [0.4, 0.5) is 5.82 Å². The summed E-state index contributed by atoms with van der Waals surface area (Å²) in [6.45, 7) is 0. The highest BCUT2D eigenvalue weighted by molar-refractivity contribution is 6.23. The van der Waals surface area contributed by atoms with E-state index in [9.17, 15) is 24.0 Å². The number of carbonyl (C=O) groups excluding carboxylic acids is 2. The van der Waals surface area contributed by atoms with Crippen LogP contribution in [0.1, 0.15) is 32.7 Å². The number of nitrogens with one attached hydrogen (secondary N) is 1. The fraction of sp³-hybridized carbons (Fsp3) is 0.167. The molecule has 0 aliphatic carbocycles. The Hall–Kier alpha value is -3.95. The van der Waals surface area contributed by atoms with E-state index >= 15 is 0 Å². The number of rotatable bonds is 6. The number of carboxylic acids is 2. The number of amides is 2. The van der Waals surface area contributed by atoms with Crippen molar-refractivity contribution < 1.29 is 29.4 Å². The van der Waals surface area contributed by atoms with Gasteiger partial charge in [-0.3, -0.25) is 33.9 Å². The predicted octanol–water partition coefficient (Wildman–Crippen LogP) is 0.0213. The van der Waals surface area contributed by atoms with Crippen LogP contribution in [-0.2, 0) is 16.0 Å². The molecule has 10 nitrogen and oxygen atoms in total. The predicted molar refractivity (Wildman–Crippen MR) is 95.3 cm³/mol. The van der Waals surface area contributed by atoms with Crippen LogP contribution in [0.15, 0.2) is 35.1 Å². The van der Waals surface area contributed by atoms with Crippen LogP contribution < -0.4 is 16.6 Å². The minimum absolute atomic E-state index is 0.00656. The molecule has 0 spiro atoms. The Bertz CT molecular complexity index is 1070. The molecular weight excluding hydrogens is 370 g/mol.